The van der Waals surface area contributed by atoms with Gasteiger partial charge in [0.05, 0.1) is 21.8 Å². The van der Waals surface area contributed by atoms with Crippen molar-refractivity contribution in [1.82, 2.24) is 14.4 Å². The Bertz CT molecular complexity index is 1250. The Hall–Kier alpha value is -2.96. The van der Waals surface area contributed by atoms with Crippen LogP contribution in [-0.4, -0.2) is 20.3 Å². The second kappa shape index (κ2) is 6.98. The molecule has 0 fully saturated rings. The fourth-order valence-electron chi connectivity index (χ4n) is 2.65. The molecule has 3 heterocycles. The van der Waals surface area contributed by atoms with E-state index in [9.17, 15) is 9.59 Å². The third-order valence-electron chi connectivity index (χ3n) is 3.92. The van der Waals surface area contributed by atoms with Crippen molar-refractivity contribution >= 4 is 45.7 Å². The van der Waals surface area contributed by atoms with Gasteiger partial charge < -0.3 is 4.74 Å². The molecule has 3 aromatic heterocycles. The summed E-state index contributed by atoms with van der Waals surface area (Å²) in [5.41, 5.74) is 1.52. The number of ether oxygens (including phenoxy) is 1. The van der Waals surface area contributed by atoms with Gasteiger partial charge in [0.25, 0.3) is 5.56 Å². The highest BCUT2D eigenvalue weighted by Crippen LogP contribution is 2.18. The molecule has 0 aliphatic rings. The van der Waals surface area contributed by atoms with Crippen LogP contribution in [0, 0.1) is 0 Å². The fraction of sp³-hybridized carbons (Fsp3) is 0.0526. The van der Waals surface area contributed by atoms with Crippen LogP contribution in [0.15, 0.2) is 59.5 Å². The van der Waals surface area contributed by atoms with Gasteiger partial charge in [-0.2, -0.15) is 0 Å². The van der Waals surface area contributed by atoms with Crippen molar-refractivity contribution in [3.05, 3.63) is 86.5 Å². The highest BCUT2D eigenvalue weighted by molar-refractivity contribution is 6.30. The monoisotopic (exact) mass is 399 g/mol. The number of nitrogens with zero attached hydrogens (tertiary/aromatic N) is 3. The van der Waals surface area contributed by atoms with Crippen LogP contribution in [0.5, 0.6) is 0 Å². The van der Waals surface area contributed by atoms with Crippen LogP contribution in [0.3, 0.4) is 0 Å². The predicted molar refractivity (Wildman–Crippen MR) is 102 cm³/mol. The number of rotatable bonds is 3. The zero-order valence-electron chi connectivity index (χ0n) is 13.7. The van der Waals surface area contributed by atoms with E-state index in [1.165, 1.54) is 16.7 Å². The third-order valence-corrected chi connectivity index (χ3v) is 4.35. The van der Waals surface area contributed by atoms with Crippen molar-refractivity contribution < 1.29 is 9.53 Å². The summed E-state index contributed by atoms with van der Waals surface area (Å²) >= 11 is 11.7. The molecular formula is C19H11Cl2N3O3. The molecule has 0 radical (unpaired) electrons. The van der Waals surface area contributed by atoms with Gasteiger partial charge in [0.2, 0.25) is 0 Å². The number of pyridine rings is 2. The Kier molecular flexibility index (Phi) is 4.51. The minimum atomic E-state index is -0.523. The fourth-order valence-corrected chi connectivity index (χ4v) is 2.97. The lowest BCUT2D eigenvalue weighted by Gasteiger charge is -2.07. The first-order valence-corrected chi connectivity index (χ1v) is 8.66. The molecule has 0 aliphatic heterocycles. The van der Waals surface area contributed by atoms with Gasteiger partial charge in [-0.3, -0.25) is 9.20 Å². The van der Waals surface area contributed by atoms with Crippen molar-refractivity contribution in [3.8, 4) is 0 Å². The molecule has 0 unspecified atom stereocenters. The molecule has 0 saturated carbocycles. The van der Waals surface area contributed by atoms with Crippen LogP contribution in [-0.2, 0) is 11.3 Å². The minimum Gasteiger partial charge on any atom is -0.456 e. The van der Waals surface area contributed by atoms with Crippen molar-refractivity contribution in [1.29, 1.82) is 0 Å². The third kappa shape index (κ3) is 3.63. The lowest BCUT2D eigenvalue weighted by molar-refractivity contribution is 0.0468. The van der Waals surface area contributed by atoms with E-state index in [0.29, 0.717) is 32.6 Å². The van der Waals surface area contributed by atoms with Crippen molar-refractivity contribution in [2.24, 2.45) is 0 Å². The molecule has 0 spiro atoms. The van der Waals surface area contributed by atoms with E-state index < -0.39 is 5.97 Å². The van der Waals surface area contributed by atoms with Crippen LogP contribution >= 0.6 is 23.2 Å². The molecule has 0 amide bonds. The second-order valence-electron chi connectivity index (χ2n) is 5.78. The van der Waals surface area contributed by atoms with E-state index in [4.69, 9.17) is 27.9 Å². The number of hydrogen-bond donors (Lipinski definition) is 0. The summed E-state index contributed by atoms with van der Waals surface area (Å²) in [5.74, 6) is -0.523. The Balaban J connectivity index is 1.55. The molecule has 0 saturated heterocycles. The molecule has 4 rings (SSSR count). The van der Waals surface area contributed by atoms with Crippen LogP contribution in [0.4, 0.5) is 0 Å². The molecule has 6 nitrogen and oxygen atoms in total. The predicted octanol–water partition coefficient (Wildman–Crippen LogP) is 3.91. The number of hydrogen-bond acceptors (Lipinski definition) is 5. The summed E-state index contributed by atoms with van der Waals surface area (Å²) in [6.07, 6.45) is 1.48. The van der Waals surface area contributed by atoms with Gasteiger partial charge in [-0.1, -0.05) is 23.2 Å². The van der Waals surface area contributed by atoms with Crippen LogP contribution < -0.4 is 5.56 Å². The molecule has 0 atom stereocenters. The molecule has 0 N–H and O–H groups in total. The van der Waals surface area contributed by atoms with Gasteiger partial charge in [0, 0.05) is 17.6 Å². The first-order chi connectivity index (χ1) is 13.0. The van der Waals surface area contributed by atoms with E-state index in [-0.39, 0.29) is 12.2 Å². The number of esters is 1. The summed E-state index contributed by atoms with van der Waals surface area (Å²) in [6, 6.07) is 13.0. The standard InChI is InChI=1S/C19H11Cl2N3O3/c20-13-3-6-17-22-14(8-18(25)24(17)9-13)10-27-19(26)12-1-4-15-11(7-12)2-5-16(21)23-15/h1-9H,10H2. The van der Waals surface area contributed by atoms with Crippen molar-refractivity contribution in [2.75, 3.05) is 0 Å². The quantitative estimate of drug-likeness (QED) is 0.385. The van der Waals surface area contributed by atoms with E-state index >= 15 is 0 Å². The molecule has 134 valence electrons. The number of carbonyl (C=O) groups is 1. The van der Waals surface area contributed by atoms with E-state index in [1.807, 2.05) is 0 Å². The highest BCUT2D eigenvalue weighted by Gasteiger charge is 2.11. The first kappa shape index (κ1) is 17.5. The maximum Gasteiger partial charge on any atom is 0.338 e. The summed E-state index contributed by atoms with van der Waals surface area (Å²) in [5, 5.41) is 1.58. The lowest BCUT2D eigenvalue weighted by atomic mass is 10.1. The number of carbonyl (C=O) groups excluding carboxylic acids is 1. The van der Waals surface area contributed by atoms with Gasteiger partial charge in [0.1, 0.15) is 17.4 Å². The maximum atomic E-state index is 12.3. The summed E-state index contributed by atoms with van der Waals surface area (Å²) in [6.45, 7) is -0.121. The molecule has 4 aromatic rings. The smallest absolute Gasteiger partial charge is 0.338 e. The average Bonchev–Trinajstić information content (AvgIpc) is 2.66. The first-order valence-electron chi connectivity index (χ1n) is 7.91. The summed E-state index contributed by atoms with van der Waals surface area (Å²) in [7, 11) is 0. The van der Waals surface area contributed by atoms with Crippen molar-refractivity contribution in [2.45, 2.75) is 6.61 Å². The van der Waals surface area contributed by atoms with Crippen LogP contribution in [0.1, 0.15) is 16.1 Å². The topological polar surface area (TPSA) is 73.6 Å². The average molecular weight is 400 g/mol. The van der Waals surface area contributed by atoms with E-state index in [1.54, 1.807) is 42.5 Å². The minimum absolute atomic E-state index is 0.121. The number of halogens is 2. The summed E-state index contributed by atoms with van der Waals surface area (Å²) in [4.78, 5) is 32.9. The molecule has 8 heteroatoms. The zero-order valence-corrected chi connectivity index (χ0v) is 15.2. The van der Waals surface area contributed by atoms with Gasteiger partial charge in [-0.25, -0.2) is 14.8 Å². The number of aromatic nitrogens is 3. The normalized spacial score (nSPS) is 11.0. The maximum absolute atomic E-state index is 12.3. The lowest BCUT2D eigenvalue weighted by Crippen LogP contribution is -2.16. The van der Waals surface area contributed by atoms with Gasteiger partial charge in [-0.15, -0.1) is 0 Å². The van der Waals surface area contributed by atoms with Gasteiger partial charge in [0.15, 0.2) is 0 Å². The van der Waals surface area contributed by atoms with Gasteiger partial charge >= 0.3 is 5.97 Å². The Morgan fingerprint density at radius 3 is 2.74 bits per heavy atom. The Labute approximate surface area is 163 Å². The molecular weight excluding hydrogens is 389 g/mol. The highest BCUT2D eigenvalue weighted by atomic mass is 35.5. The van der Waals surface area contributed by atoms with Crippen LogP contribution in [0.2, 0.25) is 10.2 Å². The molecule has 27 heavy (non-hydrogen) atoms. The van der Waals surface area contributed by atoms with Crippen molar-refractivity contribution in [3.63, 3.8) is 0 Å². The van der Waals surface area contributed by atoms with E-state index in [0.717, 1.165) is 5.39 Å². The SMILES string of the molecule is O=C(OCc1cc(=O)n2cc(Cl)ccc2n1)c1ccc2nc(Cl)ccc2c1. The molecule has 1 aromatic carbocycles. The van der Waals surface area contributed by atoms with Crippen LogP contribution in [0.25, 0.3) is 16.6 Å². The van der Waals surface area contributed by atoms with E-state index in [2.05, 4.69) is 9.97 Å². The Morgan fingerprint density at radius 2 is 1.89 bits per heavy atom. The molecule has 0 aliphatic carbocycles. The Morgan fingerprint density at radius 1 is 1.04 bits per heavy atom. The largest absolute Gasteiger partial charge is 0.456 e. The number of benzene rings is 1. The second-order valence-corrected chi connectivity index (χ2v) is 6.60. The number of fused-ring (bicyclic) bond motifs is 2. The van der Waals surface area contributed by atoms with Gasteiger partial charge in [-0.05, 0) is 42.5 Å². The summed E-state index contributed by atoms with van der Waals surface area (Å²) < 4.78 is 6.62. The zero-order chi connectivity index (χ0) is 19.0. The molecule has 0 bridgehead atoms.